The lowest BCUT2D eigenvalue weighted by Crippen LogP contribution is -2.40. The highest BCUT2D eigenvalue weighted by atomic mass is 19.1. The maximum absolute atomic E-state index is 13.6. The van der Waals surface area contributed by atoms with Gasteiger partial charge in [0.05, 0.1) is 49.2 Å². The minimum Gasteiger partial charge on any atom is -0.494 e. The van der Waals surface area contributed by atoms with Crippen molar-refractivity contribution < 1.29 is 23.8 Å². The summed E-state index contributed by atoms with van der Waals surface area (Å²) in [6.45, 7) is 4.98. The summed E-state index contributed by atoms with van der Waals surface area (Å²) in [5.74, 6) is -1.03. The van der Waals surface area contributed by atoms with Crippen LogP contribution >= 0.6 is 0 Å². The molecule has 1 saturated heterocycles. The number of benzene rings is 3. The fourth-order valence-electron chi connectivity index (χ4n) is 4.94. The molecule has 0 bridgehead atoms. The van der Waals surface area contributed by atoms with E-state index in [0.717, 1.165) is 18.7 Å². The van der Waals surface area contributed by atoms with Crippen LogP contribution in [0.1, 0.15) is 34.5 Å². The number of morpholine rings is 1. The van der Waals surface area contributed by atoms with Gasteiger partial charge >= 0.3 is 5.97 Å². The molecule has 4 aromatic rings. The van der Waals surface area contributed by atoms with Gasteiger partial charge in [0.15, 0.2) is 0 Å². The largest absolute Gasteiger partial charge is 0.494 e. The van der Waals surface area contributed by atoms with Crippen LogP contribution in [0.15, 0.2) is 82.6 Å². The molecule has 3 aromatic carbocycles. The highest BCUT2D eigenvalue weighted by Gasteiger charge is 2.23. The minimum absolute atomic E-state index is 0.115. The molecule has 1 aromatic heterocycles. The third-order valence-electron chi connectivity index (χ3n) is 6.98. The Morgan fingerprint density at radius 2 is 1.73 bits per heavy atom. The van der Waals surface area contributed by atoms with Gasteiger partial charge in [-0.25, -0.2) is 13.8 Å². The molecule has 8 nitrogen and oxygen atoms in total. The third kappa shape index (κ3) is 5.66. The van der Waals surface area contributed by atoms with Crippen LogP contribution in [0, 0.1) is 5.82 Å². The van der Waals surface area contributed by atoms with E-state index in [1.807, 2.05) is 0 Å². The van der Waals surface area contributed by atoms with Gasteiger partial charge in [0.2, 0.25) is 5.88 Å². The van der Waals surface area contributed by atoms with Crippen molar-refractivity contribution in [1.82, 2.24) is 9.47 Å². The molecule has 0 radical (unpaired) electrons. The van der Waals surface area contributed by atoms with E-state index in [9.17, 15) is 19.1 Å². The van der Waals surface area contributed by atoms with Crippen molar-refractivity contribution in [2.45, 2.75) is 13.0 Å². The molecular formula is C31H30FN3O5. The summed E-state index contributed by atoms with van der Waals surface area (Å²) in [6.07, 6.45) is 1.58. The highest BCUT2D eigenvalue weighted by molar-refractivity contribution is 6.01. The fraction of sp³-hybridized carbons (Fsp3) is 0.258. The first kappa shape index (κ1) is 27.2. The molecule has 1 aliphatic rings. The van der Waals surface area contributed by atoms with Crippen molar-refractivity contribution in [2.24, 2.45) is 4.99 Å². The quantitative estimate of drug-likeness (QED) is 0.260. The number of carbonyl (C=O) groups is 1. The summed E-state index contributed by atoms with van der Waals surface area (Å²) in [5, 5.41) is 12.3. The van der Waals surface area contributed by atoms with Crippen LogP contribution < -0.4 is 5.56 Å². The number of fused-ring (bicyclic) bond motifs is 1. The van der Waals surface area contributed by atoms with Gasteiger partial charge in [-0.1, -0.05) is 30.3 Å². The van der Waals surface area contributed by atoms with Crippen LogP contribution in [0.5, 0.6) is 5.88 Å². The fourth-order valence-corrected chi connectivity index (χ4v) is 4.94. The number of esters is 1. The Morgan fingerprint density at radius 1 is 1.05 bits per heavy atom. The number of hydrogen-bond acceptors (Lipinski definition) is 7. The van der Waals surface area contributed by atoms with Gasteiger partial charge in [0.1, 0.15) is 5.82 Å². The monoisotopic (exact) mass is 543 g/mol. The number of carbonyl (C=O) groups excluding carboxylic acids is 1. The van der Waals surface area contributed by atoms with Crippen molar-refractivity contribution in [3.8, 4) is 11.6 Å². The molecule has 0 spiro atoms. The molecule has 206 valence electrons. The summed E-state index contributed by atoms with van der Waals surface area (Å²) in [4.78, 5) is 32.5. The van der Waals surface area contributed by atoms with Gasteiger partial charge < -0.3 is 14.6 Å². The zero-order valence-electron chi connectivity index (χ0n) is 22.1. The second-order valence-corrected chi connectivity index (χ2v) is 9.40. The first-order chi connectivity index (χ1) is 19.5. The van der Waals surface area contributed by atoms with Gasteiger partial charge in [-0.15, -0.1) is 0 Å². The second-order valence-electron chi connectivity index (χ2n) is 9.40. The van der Waals surface area contributed by atoms with Crippen molar-refractivity contribution in [3.05, 3.63) is 106 Å². The molecule has 1 atom stereocenters. The Morgan fingerprint density at radius 3 is 2.40 bits per heavy atom. The van der Waals surface area contributed by atoms with E-state index >= 15 is 0 Å². The van der Waals surface area contributed by atoms with Crippen LogP contribution in [0.3, 0.4) is 0 Å². The number of hydrogen-bond donors (Lipinski definition) is 1. The van der Waals surface area contributed by atoms with Gasteiger partial charge in [-0.3, -0.25) is 14.7 Å². The second kappa shape index (κ2) is 12.2. The number of aromatic hydroxyl groups is 1. The number of pyridine rings is 1. The molecule has 5 rings (SSSR count). The van der Waals surface area contributed by atoms with Crippen LogP contribution in [-0.2, 0) is 9.47 Å². The molecule has 1 aliphatic heterocycles. The van der Waals surface area contributed by atoms with Crippen molar-refractivity contribution in [1.29, 1.82) is 0 Å². The SMILES string of the molecule is CCOC(=O)c1ccc(-n2c(O)c(C=NC[C@H](c3ccc(F)cc3)N3CCOCC3)c3ccccc3c2=O)cc1. The first-order valence-corrected chi connectivity index (χ1v) is 13.2. The lowest BCUT2D eigenvalue weighted by Gasteiger charge is -2.34. The Hall–Kier alpha value is -4.34. The Kier molecular flexibility index (Phi) is 8.33. The number of rotatable bonds is 8. The minimum atomic E-state index is -0.465. The molecule has 1 N–H and O–H groups in total. The lowest BCUT2D eigenvalue weighted by atomic mass is 10.0. The number of halogens is 1. The summed E-state index contributed by atoms with van der Waals surface area (Å²) in [5.41, 5.74) is 1.67. The van der Waals surface area contributed by atoms with E-state index in [1.54, 1.807) is 73.8 Å². The van der Waals surface area contributed by atoms with Crippen LogP contribution in [0.2, 0.25) is 0 Å². The number of aliphatic imine (C=N–C) groups is 1. The van der Waals surface area contributed by atoms with E-state index in [4.69, 9.17) is 14.5 Å². The smallest absolute Gasteiger partial charge is 0.338 e. The summed E-state index contributed by atoms with van der Waals surface area (Å²) in [6, 6.07) is 19.6. The van der Waals surface area contributed by atoms with Gasteiger partial charge in [-0.05, 0) is 55.0 Å². The summed E-state index contributed by atoms with van der Waals surface area (Å²) >= 11 is 0. The predicted molar refractivity (Wildman–Crippen MR) is 151 cm³/mol. The Bertz CT molecular complexity index is 1580. The van der Waals surface area contributed by atoms with E-state index in [0.29, 0.717) is 47.3 Å². The summed E-state index contributed by atoms with van der Waals surface area (Å²) < 4.78 is 25.4. The van der Waals surface area contributed by atoms with Crippen molar-refractivity contribution in [3.63, 3.8) is 0 Å². The maximum Gasteiger partial charge on any atom is 0.338 e. The number of ether oxygens (including phenoxy) is 2. The molecule has 9 heteroatoms. The van der Waals surface area contributed by atoms with Crippen LogP contribution in [0.25, 0.3) is 16.5 Å². The summed E-state index contributed by atoms with van der Waals surface area (Å²) in [7, 11) is 0. The molecule has 0 saturated carbocycles. The lowest BCUT2D eigenvalue weighted by molar-refractivity contribution is 0.0180. The van der Waals surface area contributed by atoms with Crippen LogP contribution in [-0.4, -0.2) is 66.2 Å². The van der Waals surface area contributed by atoms with Crippen LogP contribution in [0.4, 0.5) is 4.39 Å². The molecule has 0 amide bonds. The van der Waals surface area contributed by atoms with E-state index in [2.05, 4.69) is 4.90 Å². The van der Waals surface area contributed by atoms with Gasteiger partial charge in [0.25, 0.3) is 5.56 Å². The zero-order valence-corrected chi connectivity index (χ0v) is 22.1. The molecular weight excluding hydrogens is 513 g/mol. The predicted octanol–water partition coefficient (Wildman–Crippen LogP) is 4.50. The molecule has 0 unspecified atom stereocenters. The van der Waals surface area contributed by atoms with Crippen molar-refractivity contribution in [2.75, 3.05) is 39.5 Å². The van der Waals surface area contributed by atoms with Gasteiger partial charge in [0, 0.05) is 30.1 Å². The Balaban J connectivity index is 1.52. The van der Waals surface area contributed by atoms with E-state index in [1.165, 1.54) is 16.7 Å². The van der Waals surface area contributed by atoms with E-state index in [-0.39, 0.29) is 24.3 Å². The third-order valence-corrected chi connectivity index (χ3v) is 6.98. The average Bonchev–Trinajstić information content (AvgIpc) is 2.98. The van der Waals surface area contributed by atoms with Gasteiger partial charge in [-0.2, -0.15) is 0 Å². The molecule has 40 heavy (non-hydrogen) atoms. The topological polar surface area (TPSA) is 93.4 Å². The first-order valence-electron chi connectivity index (χ1n) is 13.2. The average molecular weight is 544 g/mol. The standard InChI is InChI=1S/C31H30FN3O5/c1-2-40-31(38)22-9-13-24(14-10-22)35-29(36)26-6-4-3-5-25(26)27(30(35)37)19-33-20-28(34-15-17-39-18-16-34)21-7-11-23(32)12-8-21/h3-14,19,28,37H,2,15-18,20H2,1H3/t28-/m1/s1. The zero-order chi connectivity index (χ0) is 28.1. The molecule has 0 aliphatic carbocycles. The van der Waals surface area contributed by atoms with Crippen molar-refractivity contribution >= 4 is 23.0 Å². The van der Waals surface area contributed by atoms with E-state index < -0.39 is 11.5 Å². The maximum atomic E-state index is 13.6. The molecule has 2 heterocycles. The number of aromatic nitrogens is 1. The number of nitrogens with zero attached hydrogens (tertiary/aromatic N) is 3. The normalized spacial score (nSPS) is 14.9. The highest BCUT2D eigenvalue weighted by Crippen LogP contribution is 2.27. The molecule has 1 fully saturated rings. The Labute approximate surface area is 230 Å².